The van der Waals surface area contributed by atoms with Gasteiger partial charge >= 0.3 is 12.1 Å². The molecule has 194 valence electrons. The Morgan fingerprint density at radius 1 is 1.11 bits per heavy atom. The van der Waals surface area contributed by atoms with E-state index in [1.807, 2.05) is 37.3 Å². The number of esters is 1. The third kappa shape index (κ3) is 6.45. The average Bonchev–Trinajstić information content (AvgIpc) is 2.86. The van der Waals surface area contributed by atoms with Gasteiger partial charge in [0.15, 0.2) is 0 Å². The van der Waals surface area contributed by atoms with Crippen molar-refractivity contribution >= 4 is 23.5 Å². The summed E-state index contributed by atoms with van der Waals surface area (Å²) in [6.07, 6.45) is -4.05. The largest absolute Gasteiger partial charge is 0.490 e. The lowest BCUT2D eigenvalue weighted by Crippen LogP contribution is -2.55. The van der Waals surface area contributed by atoms with Crippen molar-refractivity contribution < 1.29 is 37.5 Å². The quantitative estimate of drug-likeness (QED) is 0.339. The fourth-order valence-corrected chi connectivity index (χ4v) is 5.10. The van der Waals surface area contributed by atoms with Crippen LogP contribution in [-0.4, -0.2) is 65.8 Å². The highest BCUT2D eigenvalue weighted by Crippen LogP contribution is 2.44. The van der Waals surface area contributed by atoms with Crippen LogP contribution in [0.2, 0.25) is 0 Å². The molecule has 11 heteroatoms. The van der Waals surface area contributed by atoms with E-state index in [9.17, 15) is 32.8 Å². The number of hydrogen-bond acceptors (Lipinski definition) is 6. The van der Waals surface area contributed by atoms with Gasteiger partial charge in [-0.2, -0.15) is 13.2 Å². The Morgan fingerprint density at radius 3 is 2.34 bits per heavy atom. The summed E-state index contributed by atoms with van der Waals surface area (Å²) >= 11 is 0. The Bertz CT molecular complexity index is 890. The number of anilines is 1. The molecule has 0 spiro atoms. The molecule has 3 atom stereocenters. The summed E-state index contributed by atoms with van der Waals surface area (Å²) < 4.78 is 43.8. The maximum Gasteiger partial charge on any atom is 0.490 e. The first-order valence-corrected chi connectivity index (χ1v) is 11.9. The Morgan fingerprint density at radius 2 is 1.77 bits per heavy atom. The molecule has 1 aromatic rings. The van der Waals surface area contributed by atoms with Crippen LogP contribution in [0.15, 0.2) is 30.3 Å². The van der Waals surface area contributed by atoms with Gasteiger partial charge in [-0.3, -0.25) is 14.8 Å². The molecule has 1 saturated carbocycles. The van der Waals surface area contributed by atoms with E-state index in [4.69, 9.17) is 4.74 Å². The van der Waals surface area contributed by atoms with Gasteiger partial charge in [0.05, 0.1) is 11.8 Å². The van der Waals surface area contributed by atoms with E-state index in [1.54, 1.807) is 10.4 Å². The van der Waals surface area contributed by atoms with E-state index >= 15 is 0 Å². The van der Waals surface area contributed by atoms with Gasteiger partial charge in [-0.25, -0.2) is 10.3 Å². The van der Waals surface area contributed by atoms with Gasteiger partial charge in [0.1, 0.15) is 5.60 Å². The Balaban J connectivity index is 1.73. The molecule has 3 rings (SSSR count). The normalized spacial score (nSPS) is 25.2. The summed E-state index contributed by atoms with van der Waals surface area (Å²) in [5.41, 5.74) is 1.07. The highest BCUT2D eigenvalue weighted by molar-refractivity contribution is 5.88. The first-order chi connectivity index (χ1) is 16.6. The van der Waals surface area contributed by atoms with Crippen molar-refractivity contribution in [1.82, 2.24) is 10.4 Å². The lowest BCUT2D eigenvalue weighted by atomic mass is 9.69. The monoisotopic (exact) mass is 499 g/mol. The second-order valence-corrected chi connectivity index (χ2v) is 9.25. The minimum absolute atomic E-state index is 0.0322. The minimum atomic E-state index is -5.17. The molecule has 2 amide bonds. The third-order valence-electron chi connectivity index (χ3n) is 6.99. The van der Waals surface area contributed by atoms with E-state index in [1.165, 1.54) is 0 Å². The number of nitrogens with one attached hydrogen (secondary N) is 1. The molecule has 0 radical (unpaired) electrons. The van der Waals surface area contributed by atoms with Crippen molar-refractivity contribution in [2.75, 3.05) is 31.1 Å². The standard InChI is InChI=1S/C24H32F3N3O5/c1-2-3-10-23(35-22(33)24(25,26)27)11-9-18(19(16-23)20(31)28-34)21(32)30-14-12-29(13-15-30)17-7-5-4-6-8-17/h4-8,18-19,34H,2-3,9-16H2,1H3,(H,28,31)/t18-,19-,23+/m0/s1. The molecule has 0 bridgehead atoms. The van der Waals surface area contributed by atoms with Crippen molar-refractivity contribution in [3.05, 3.63) is 30.3 Å². The fraction of sp³-hybridized carbons (Fsp3) is 0.625. The second-order valence-electron chi connectivity index (χ2n) is 9.25. The zero-order chi connectivity index (χ0) is 25.6. The van der Waals surface area contributed by atoms with Crippen molar-refractivity contribution in [3.8, 4) is 0 Å². The number of alkyl halides is 3. The first kappa shape index (κ1) is 26.8. The van der Waals surface area contributed by atoms with Crippen LogP contribution in [0, 0.1) is 11.8 Å². The van der Waals surface area contributed by atoms with Crippen LogP contribution in [-0.2, 0) is 19.1 Å². The SMILES string of the molecule is CCCC[C@@]1(OC(=O)C(F)(F)F)CC[C@H](C(=O)N2CCN(c3ccccc3)CC2)[C@@H](C(=O)NO)C1. The molecule has 1 heterocycles. The number of rotatable bonds is 7. The zero-order valence-corrected chi connectivity index (χ0v) is 19.7. The van der Waals surface area contributed by atoms with Gasteiger partial charge in [-0.1, -0.05) is 31.5 Å². The second kappa shape index (κ2) is 11.3. The summed E-state index contributed by atoms with van der Waals surface area (Å²) in [5.74, 6) is -5.40. The molecule has 0 unspecified atom stereocenters. The van der Waals surface area contributed by atoms with Crippen LogP contribution in [0.1, 0.15) is 45.4 Å². The van der Waals surface area contributed by atoms with E-state index in [2.05, 4.69) is 4.90 Å². The molecule has 35 heavy (non-hydrogen) atoms. The molecule has 1 saturated heterocycles. The minimum Gasteiger partial charge on any atom is -0.452 e. The zero-order valence-electron chi connectivity index (χ0n) is 19.7. The number of nitrogens with zero attached hydrogens (tertiary/aromatic N) is 2. The number of benzene rings is 1. The van der Waals surface area contributed by atoms with Gasteiger partial charge < -0.3 is 14.5 Å². The van der Waals surface area contributed by atoms with Crippen molar-refractivity contribution in [1.29, 1.82) is 0 Å². The highest BCUT2D eigenvalue weighted by Gasteiger charge is 2.52. The summed E-state index contributed by atoms with van der Waals surface area (Å²) in [5, 5.41) is 9.30. The summed E-state index contributed by atoms with van der Waals surface area (Å²) in [6.45, 7) is 3.91. The van der Waals surface area contributed by atoms with Gasteiger partial charge in [-0.05, 0) is 44.2 Å². The molecule has 0 aromatic heterocycles. The molecular formula is C24H32F3N3O5. The predicted molar refractivity (Wildman–Crippen MR) is 120 cm³/mol. The number of amides is 2. The van der Waals surface area contributed by atoms with Crippen molar-refractivity contribution in [2.45, 2.75) is 57.2 Å². The fourth-order valence-electron chi connectivity index (χ4n) is 5.10. The molecule has 2 N–H and O–H groups in total. The van der Waals surface area contributed by atoms with Gasteiger partial charge in [0, 0.05) is 31.9 Å². The smallest absolute Gasteiger partial charge is 0.452 e. The lowest BCUT2D eigenvalue weighted by Gasteiger charge is -2.45. The number of unbranched alkanes of at least 4 members (excludes halogenated alkanes) is 1. The van der Waals surface area contributed by atoms with Crippen molar-refractivity contribution in [2.24, 2.45) is 11.8 Å². The van der Waals surface area contributed by atoms with Crippen molar-refractivity contribution in [3.63, 3.8) is 0 Å². The number of carbonyl (C=O) groups excluding carboxylic acids is 3. The van der Waals surface area contributed by atoms with E-state index < -0.39 is 35.5 Å². The number of hydroxylamine groups is 1. The molecule has 2 fully saturated rings. The molecule has 8 nitrogen and oxygen atoms in total. The number of hydrogen-bond donors (Lipinski definition) is 2. The maximum absolute atomic E-state index is 13.4. The number of halogens is 3. The number of carbonyl (C=O) groups is 3. The average molecular weight is 500 g/mol. The van der Waals surface area contributed by atoms with Gasteiger partial charge in [0.25, 0.3) is 0 Å². The van der Waals surface area contributed by atoms with Crippen LogP contribution in [0.5, 0.6) is 0 Å². The molecule has 1 aromatic carbocycles. The topological polar surface area (TPSA) is 99.2 Å². The molecule has 1 aliphatic heterocycles. The highest BCUT2D eigenvalue weighted by atomic mass is 19.4. The van der Waals surface area contributed by atoms with Gasteiger partial charge in [-0.15, -0.1) is 0 Å². The van der Waals surface area contributed by atoms with Crippen LogP contribution in [0.4, 0.5) is 18.9 Å². The Hall–Kier alpha value is -2.82. The summed E-state index contributed by atoms with van der Waals surface area (Å²) in [4.78, 5) is 41.4. The van der Waals surface area contributed by atoms with Crippen LogP contribution < -0.4 is 10.4 Å². The van der Waals surface area contributed by atoms with Crippen LogP contribution in [0.25, 0.3) is 0 Å². The number of ether oxygens (including phenoxy) is 1. The van der Waals surface area contributed by atoms with E-state index in [0.29, 0.717) is 39.0 Å². The molecular weight excluding hydrogens is 467 g/mol. The lowest BCUT2D eigenvalue weighted by molar-refractivity contribution is -0.220. The predicted octanol–water partition coefficient (Wildman–Crippen LogP) is 3.29. The number of piperazine rings is 1. The number of para-hydroxylation sites is 1. The van der Waals surface area contributed by atoms with Crippen LogP contribution >= 0.6 is 0 Å². The van der Waals surface area contributed by atoms with E-state index in [0.717, 1.165) is 5.69 Å². The maximum atomic E-state index is 13.4. The first-order valence-electron chi connectivity index (χ1n) is 11.9. The summed E-state index contributed by atoms with van der Waals surface area (Å²) in [6, 6.07) is 9.76. The van der Waals surface area contributed by atoms with E-state index in [-0.39, 0.29) is 31.6 Å². The molecule has 2 aliphatic rings. The Labute approximate surface area is 202 Å². The molecule has 1 aliphatic carbocycles. The van der Waals surface area contributed by atoms with Crippen LogP contribution in [0.3, 0.4) is 0 Å². The summed E-state index contributed by atoms with van der Waals surface area (Å²) in [7, 11) is 0. The Kier molecular flexibility index (Phi) is 8.63. The third-order valence-corrected chi connectivity index (χ3v) is 6.99. The van der Waals surface area contributed by atoms with Gasteiger partial charge in [0.2, 0.25) is 11.8 Å².